The van der Waals surface area contributed by atoms with Crippen LogP contribution in [-0.2, 0) is 9.53 Å². The third-order valence-corrected chi connectivity index (χ3v) is 7.35. The zero-order valence-corrected chi connectivity index (χ0v) is 20.7. The lowest BCUT2D eigenvalue weighted by molar-refractivity contribution is -0.148. The van der Waals surface area contributed by atoms with Crippen molar-refractivity contribution in [2.45, 2.75) is 26.2 Å². The summed E-state index contributed by atoms with van der Waals surface area (Å²) in [6.45, 7) is 6.20. The summed E-state index contributed by atoms with van der Waals surface area (Å²) < 4.78 is 5.32. The predicted molar refractivity (Wildman–Crippen MR) is 143 cm³/mol. The summed E-state index contributed by atoms with van der Waals surface area (Å²) >= 11 is 0. The van der Waals surface area contributed by atoms with Crippen molar-refractivity contribution in [2.75, 3.05) is 59.5 Å². The van der Waals surface area contributed by atoms with Crippen LogP contribution in [0.3, 0.4) is 0 Å². The van der Waals surface area contributed by atoms with Crippen molar-refractivity contribution in [1.82, 2.24) is 9.97 Å². The Hall–Kier alpha value is -3.81. The van der Waals surface area contributed by atoms with Crippen molar-refractivity contribution < 1.29 is 9.53 Å². The van der Waals surface area contributed by atoms with E-state index in [1.165, 1.54) is 17.1 Å². The molecule has 0 aliphatic carbocycles. The van der Waals surface area contributed by atoms with Crippen molar-refractivity contribution in [3.63, 3.8) is 0 Å². The van der Waals surface area contributed by atoms with Crippen LogP contribution in [-0.4, -0.2) is 55.4 Å². The molecule has 186 valence electrons. The van der Waals surface area contributed by atoms with E-state index in [0.717, 1.165) is 68.2 Å². The van der Waals surface area contributed by atoms with Gasteiger partial charge in [-0.25, -0.2) is 4.98 Å². The second-order valence-electron chi connectivity index (χ2n) is 9.57. The van der Waals surface area contributed by atoms with Crippen LogP contribution in [0.1, 0.15) is 26.2 Å². The molecular weight excluding hydrogens is 452 g/mol. The molecule has 0 spiro atoms. The number of ether oxygens (including phenoxy) is 1. The molecule has 1 saturated heterocycles. The van der Waals surface area contributed by atoms with Gasteiger partial charge in [0.2, 0.25) is 5.95 Å². The number of aromatic nitrogens is 2. The molecule has 1 atom stereocenters. The maximum Gasteiger partial charge on any atom is 0.310 e. The summed E-state index contributed by atoms with van der Waals surface area (Å²) in [6.07, 6.45) is 5.02. The molecule has 6 rings (SSSR count). The molecule has 8 heteroatoms. The van der Waals surface area contributed by atoms with Crippen LogP contribution in [0.5, 0.6) is 0 Å². The third-order valence-electron chi connectivity index (χ3n) is 7.35. The topological polar surface area (TPSA) is 73.8 Å². The van der Waals surface area contributed by atoms with E-state index in [-0.39, 0.29) is 11.9 Å². The molecular formula is C28H32N6O2. The molecule has 0 saturated carbocycles. The number of nitrogens with one attached hydrogen (secondary N) is 1. The number of nitrogens with zero attached hydrogens (tertiary/aromatic N) is 5. The van der Waals surface area contributed by atoms with Gasteiger partial charge in [0.25, 0.3) is 0 Å². The average Bonchev–Trinajstić information content (AvgIpc) is 3.37. The Kier molecular flexibility index (Phi) is 6.09. The summed E-state index contributed by atoms with van der Waals surface area (Å²) in [6, 6.07) is 16.6. The summed E-state index contributed by atoms with van der Waals surface area (Å²) in [7, 11) is 0. The van der Waals surface area contributed by atoms with Gasteiger partial charge in [0, 0.05) is 43.7 Å². The Labute approximate surface area is 211 Å². The van der Waals surface area contributed by atoms with Gasteiger partial charge in [0.05, 0.1) is 36.1 Å². The van der Waals surface area contributed by atoms with Gasteiger partial charge in [-0.15, -0.1) is 0 Å². The Morgan fingerprint density at radius 3 is 2.81 bits per heavy atom. The third kappa shape index (κ3) is 4.21. The lowest BCUT2D eigenvalue weighted by atomic mass is 9.98. The Bertz CT molecular complexity index is 1310. The van der Waals surface area contributed by atoms with Crippen LogP contribution >= 0.6 is 0 Å². The van der Waals surface area contributed by atoms with Gasteiger partial charge >= 0.3 is 5.97 Å². The largest absolute Gasteiger partial charge is 0.466 e. The molecule has 3 aliphatic heterocycles. The molecule has 3 aliphatic rings. The van der Waals surface area contributed by atoms with Gasteiger partial charge in [-0.05, 0) is 50.1 Å². The van der Waals surface area contributed by atoms with Crippen molar-refractivity contribution in [3.05, 3.63) is 60.3 Å². The first-order valence-corrected chi connectivity index (χ1v) is 12.9. The van der Waals surface area contributed by atoms with Crippen LogP contribution in [0.15, 0.2) is 60.3 Å². The van der Waals surface area contributed by atoms with E-state index in [1.54, 1.807) is 0 Å². The first-order chi connectivity index (χ1) is 17.7. The van der Waals surface area contributed by atoms with Crippen LogP contribution in [0.25, 0.3) is 10.9 Å². The minimum Gasteiger partial charge on any atom is -0.466 e. The van der Waals surface area contributed by atoms with E-state index < -0.39 is 0 Å². The zero-order chi connectivity index (χ0) is 24.5. The Balaban J connectivity index is 1.26. The standard InChI is InChI=1S/C28H32N6O2/c1-2-36-27(35)20-8-7-15-33(18-20)26-22-9-3-4-10-23(22)30-28(31-26)32-16-13-21(14-17-32)34-19-29-24-11-5-6-12-25(24)34/h3-6,9-13,20,29H,2,7-8,14-19H2,1H3. The van der Waals surface area contributed by atoms with Crippen LogP contribution in [0, 0.1) is 5.92 Å². The fourth-order valence-corrected chi connectivity index (χ4v) is 5.50. The monoisotopic (exact) mass is 484 g/mol. The molecule has 4 heterocycles. The van der Waals surface area contributed by atoms with Crippen molar-refractivity contribution >= 4 is 40.0 Å². The molecule has 1 aromatic heterocycles. The number of fused-ring (bicyclic) bond motifs is 2. The van der Waals surface area contributed by atoms with E-state index in [1.807, 2.05) is 19.1 Å². The van der Waals surface area contributed by atoms with Gasteiger partial charge in [0.15, 0.2) is 0 Å². The SMILES string of the molecule is CCOC(=O)C1CCCN(c2nc(N3CC=C(N4CNc5ccccc54)CC3)nc3ccccc23)C1. The summed E-state index contributed by atoms with van der Waals surface area (Å²) in [4.78, 5) is 29.3. The Morgan fingerprint density at radius 1 is 1.08 bits per heavy atom. The number of anilines is 4. The highest BCUT2D eigenvalue weighted by Crippen LogP contribution is 2.36. The number of benzene rings is 2. The number of rotatable bonds is 5. The molecule has 36 heavy (non-hydrogen) atoms. The number of carbonyl (C=O) groups is 1. The van der Waals surface area contributed by atoms with E-state index in [4.69, 9.17) is 14.7 Å². The van der Waals surface area contributed by atoms with E-state index in [0.29, 0.717) is 13.2 Å². The van der Waals surface area contributed by atoms with Crippen LogP contribution in [0.2, 0.25) is 0 Å². The zero-order valence-electron chi connectivity index (χ0n) is 20.7. The van der Waals surface area contributed by atoms with Crippen molar-refractivity contribution in [2.24, 2.45) is 5.92 Å². The summed E-state index contributed by atoms with van der Waals surface area (Å²) in [5.41, 5.74) is 4.69. The minimum atomic E-state index is -0.117. The first-order valence-electron chi connectivity index (χ1n) is 12.9. The van der Waals surface area contributed by atoms with E-state index in [2.05, 4.69) is 62.5 Å². The molecule has 1 unspecified atom stereocenters. The fraction of sp³-hybridized carbons (Fsp3) is 0.393. The Morgan fingerprint density at radius 2 is 1.94 bits per heavy atom. The van der Waals surface area contributed by atoms with Crippen molar-refractivity contribution in [1.29, 1.82) is 0 Å². The van der Waals surface area contributed by atoms with Crippen LogP contribution in [0.4, 0.5) is 23.1 Å². The normalized spacial score (nSPS) is 19.6. The van der Waals surface area contributed by atoms with Gasteiger partial charge in [-0.3, -0.25) is 4.79 Å². The second-order valence-corrected chi connectivity index (χ2v) is 9.57. The maximum atomic E-state index is 12.5. The highest BCUT2D eigenvalue weighted by Gasteiger charge is 2.30. The van der Waals surface area contributed by atoms with Gasteiger partial charge in [-0.1, -0.05) is 24.3 Å². The first kappa shape index (κ1) is 22.6. The quantitative estimate of drug-likeness (QED) is 0.535. The number of para-hydroxylation sites is 3. The molecule has 0 bridgehead atoms. The van der Waals surface area contributed by atoms with E-state index >= 15 is 0 Å². The predicted octanol–water partition coefficient (Wildman–Crippen LogP) is 4.39. The van der Waals surface area contributed by atoms with Gasteiger partial charge < -0.3 is 24.8 Å². The molecule has 0 radical (unpaired) electrons. The highest BCUT2D eigenvalue weighted by atomic mass is 16.5. The number of hydrogen-bond donors (Lipinski definition) is 1. The summed E-state index contributed by atoms with van der Waals surface area (Å²) in [5.74, 6) is 1.44. The fourth-order valence-electron chi connectivity index (χ4n) is 5.50. The minimum absolute atomic E-state index is 0.104. The van der Waals surface area contributed by atoms with Gasteiger partial charge in [0.1, 0.15) is 5.82 Å². The lowest BCUT2D eigenvalue weighted by Crippen LogP contribution is -2.40. The smallest absolute Gasteiger partial charge is 0.310 e. The van der Waals surface area contributed by atoms with Crippen molar-refractivity contribution in [3.8, 4) is 0 Å². The van der Waals surface area contributed by atoms with E-state index in [9.17, 15) is 4.79 Å². The second kappa shape index (κ2) is 9.68. The lowest BCUT2D eigenvalue weighted by Gasteiger charge is -2.34. The number of hydrogen-bond acceptors (Lipinski definition) is 8. The van der Waals surface area contributed by atoms with Crippen LogP contribution < -0.4 is 20.0 Å². The molecule has 0 amide bonds. The van der Waals surface area contributed by atoms with Gasteiger partial charge in [-0.2, -0.15) is 4.98 Å². The highest BCUT2D eigenvalue weighted by molar-refractivity contribution is 5.91. The number of piperidine rings is 1. The molecule has 1 fully saturated rings. The molecule has 2 aromatic carbocycles. The maximum absolute atomic E-state index is 12.5. The summed E-state index contributed by atoms with van der Waals surface area (Å²) in [5, 5.41) is 4.51. The number of esters is 1. The average molecular weight is 485 g/mol. The molecule has 3 aromatic rings. The molecule has 1 N–H and O–H groups in total. The molecule has 8 nitrogen and oxygen atoms in total. The number of carbonyl (C=O) groups excluding carboxylic acids is 1.